The number of hydrogen-bond acceptors (Lipinski definition) is 4. The normalized spacial score (nSPS) is 13.6. The highest BCUT2D eigenvalue weighted by atomic mass is 79.9. The Morgan fingerprint density at radius 2 is 2.18 bits per heavy atom. The molecule has 5 nitrogen and oxygen atoms in total. The minimum Gasteiger partial charge on any atom is -0.398 e. The largest absolute Gasteiger partial charge is 0.398 e. The van der Waals surface area contributed by atoms with Crippen molar-refractivity contribution in [3.63, 3.8) is 0 Å². The summed E-state index contributed by atoms with van der Waals surface area (Å²) >= 11 is 3.17. The highest BCUT2D eigenvalue weighted by molar-refractivity contribution is 9.10. The molecule has 0 amide bonds. The highest BCUT2D eigenvalue weighted by Crippen LogP contribution is 2.22. The molecule has 0 bridgehead atoms. The molecule has 0 spiro atoms. The molecule has 0 saturated carbocycles. The molecule has 0 fully saturated rings. The van der Waals surface area contributed by atoms with Crippen molar-refractivity contribution in [2.45, 2.75) is 11.8 Å². The van der Waals surface area contributed by atoms with Crippen LogP contribution in [0.3, 0.4) is 0 Å². The van der Waals surface area contributed by atoms with Crippen LogP contribution in [0.25, 0.3) is 0 Å². The van der Waals surface area contributed by atoms with Gasteiger partial charge in [0.15, 0.2) is 0 Å². The van der Waals surface area contributed by atoms with Crippen LogP contribution in [-0.2, 0) is 10.0 Å². The summed E-state index contributed by atoms with van der Waals surface area (Å²) in [6.07, 6.45) is 0. The highest BCUT2D eigenvalue weighted by Gasteiger charge is 2.15. The molecule has 0 aromatic heterocycles. The van der Waals surface area contributed by atoms with Crippen molar-refractivity contribution in [2.24, 2.45) is 5.92 Å². The van der Waals surface area contributed by atoms with Crippen LogP contribution >= 0.6 is 15.9 Å². The minimum absolute atomic E-state index is 0.0616. The van der Waals surface area contributed by atoms with Crippen molar-refractivity contribution < 1.29 is 13.5 Å². The first kappa shape index (κ1) is 14.4. The van der Waals surface area contributed by atoms with Gasteiger partial charge in [-0.3, -0.25) is 0 Å². The van der Waals surface area contributed by atoms with Crippen molar-refractivity contribution >= 4 is 31.6 Å². The molecule has 1 atom stereocenters. The average Bonchev–Trinajstić information content (AvgIpc) is 2.29. The average molecular weight is 323 g/mol. The van der Waals surface area contributed by atoms with Crippen molar-refractivity contribution in [2.75, 3.05) is 18.9 Å². The van der Waals surface area contributed by atoms with E-state index in [9.17, 15) is 8.42 Å². The quantitative estimate of drug-likeness (QED) is 0.703. The molecule has 1 unspecified atom stereocenters. The Bertz CT molecular complexity index is 490. The molecule has 1 aromatic rings. The Morgan fingerprint density at radius 3 is 2.71 bits per heavy atom. The monoisotopic (exact) mass is 322 g/mol. The van der Waals surface area contributed by atoms with E-state index in [-0.39, 0.29) is 24.0 Å². The number of halogens is 1. The summed E-state index contributed by atoms with van der Waals surface area (Å²) in [5.74, 6) is -0.123. The lowest BCUT2D eigenvalue weighted by Crippen LogP contribution is -2.29. The minimum atomic E-state index is -3.55. The number of rotatable bonds is 5. The molecule has 96 valence electrons. The van der Waals surface area contributed by atoms with E-state index in [2.05, 4.69) is 20.7 Å². The molecule has 7 heteroatoms. The van der Waals surface area contributed by atoms with Gasteiger partial charge >= 0.3 is 0 Å². The molecular weight excluding hydrogens is 308 g/mol. The zero-order chi connectivity index (χ0) is 13.1. The van der Waals surface area contributed by atoms with E-state index in [4.69, 9.17) is 10.8 Å². The third-order valence-electron chi connectivity index (χ3n) is 2.22. The predicted molar refractivity (Wildman–Crippen MR) is 70.0 cm³/mol. The summed E-state index contributed by atoms with van der Waals surface area (Å²) in [5, 5.41) is 8.82. The molecule has 0 aliphatic rings. The van der Waals surface area contributed by atoms with Crippen LogP contribution in [0.2, 0.25) is 0 Å². The van der Waals surface area contributed by atoms with E-state index in [1.54, 1.807) is 6.92 Å². The van der Waals surface area contributed by atoms with Gasteiger partial charge in [-0.05, 0) is 40.0 Å². The van der Waals surface area contributed by atoms with Crippen molar-refractivity contribution in [1.29, 1.82) is 0 Å². The first-order valence-electron chi connectivity index (χ1n) is 5.02. The van der Waals surface area contributed by atoms with Gasteiger partial charge in [0.2, 0.25) is 10.0 Å². The summed E-state index contributed by atoms with van der Waals surface area (Å²) in [6, 6.07) is 4.40. The molecule has 1 rings (SSSR count). The fourth-order valence-corrected chi connectivity index (χ4v) is 2.80. The van der Waals surface area contributed by atoms with Crippen LogP contribution in [-0.4, -0.2) is 26.7 Å². The first-order valence-corrected chi connectivity index (χ1v) is 7.30. The molecule has 0 heterocycles. The fourth-order valence-electron chi connectivity index (χ4n) is 1.07. The molecule has 0 aliphatic carbocycles. The van der Waals surface area contributed by atoms with Gasteiger partial charge in [0, 0.05) is 23.3 Å². The van der Waals surface area contributed by atoms with Crippen LogP contribution in [0.5, 0.6) is 0 Å². The van der Waals surface area contributed by atoms with Gasteiger partial charge in [-0.25, -0.2) is 13.1 Å². The van der Waals surface area contributed by atoms with E-state index >= 15 is 0 Å². The second kappa shape index (κ2) is 5.81. The molecule has 1 aromatic carbocycles. The standard InChI is InChI=1S/C10H15BrN2O3S/c1-7(6-14)5-13-17(15,16)8-2-3-10(12)9(11)4-8/h2-4,7,13-14H,5-6,12H2,1H3. The van der Waals surface area contributed by atoms with Crippen LogP contribution in [0.4, 0.5) is 5.69 Å². The van der Waals surface area contributed by atoms with Crippen molar-refractivity contribution in [3.05, 3.63) is 22.7 Å². The maximum absolute atomic E-state index is 11.9. The lowest BCUT2D eigenvalue weighted by molar-refractivity contribution is 0.238. The van der Waals surface area contributed by atoms with Gasteiger partial charge in [0.25, 0.3) is 0 Å². The molecule has 0 aliphatic heterocycles. The number of nitrogen functional groups attached to an aromatic ring is 1. The zero-order valence-corrected chi connectivity index (χ0v) is 11.8. The van der Waals surface area contributed by atoms with Crippen LogP contribution < -0.4 is 10.5 Å². The summed E-state index contributed by atoms with van der Waals surface area (Å²) in [5.41, 5.74) is 6.06. The number of benzene rings is 1. The lowest BCUT2D eigenvalue weighted by Gasteiger charge is -2.11. The zero-order valence-electron chi connectivity index (χ0n) is 9.35. The number of hydrogen-bond donors (Lipinski definition) is 3. The molecule has 4 N–H and O–H groups in total. The summed E-state index contributed by atoms with van der Waals surface area (Å²) < 4.78 is 26.7. The molecule has 17 heavy (non-hydrogen) atoms. The van der Waals surface area contributed by atoms with Crippen LogP contribution in [0.15, 0.2) is 27.6 Å². The van der Waals surface area contributed by atoms with Crippen molar-refractivity contribution in [1.82, 2.24) is 4.72 Å². The second-order valence-corrected chi connectivity index (χ2v) is 6.44. The Morgan fingerprint density at radius 1 is 1.53 bits per heavy atom. The number of anilines is 1. The summed E-state index contributed by atoms with van der Waals surface area (Å²) in [6.45, 7) is 1.89. The van der Waals surface area contributed by atoms with E-state index < -0.39 is 10.0 Å². The number of nitrogens with one attached hydrogen (secondary N) is 1. The number of nitrogens with two attached hydrogens (primary N) is 1. The third-order valence-corrected chi connectivity index (χ3v) is 4.32. The Hall–Kier alpha value is -0.630. The lowest BCUT2D eigenvalue weighted by atomic mass is 10.2. The van der Waals surface area contributed by atoms with Gasteiger partial charge in [-0.2, -0.15) is 0 Å². The summed E-state index contributed by atoms with van der Waals surface area (Å²) in [4.78, 5) is 0.142. The Labute approximate surface area is 109 Å². The van der Waals surface area contributed by atoms with Crippen LogP contribution in [0, 0.1) is 5.92 Å². The molecule has 0 radical (unpaired) electrons. The fraction of sp³-hybridized carbons (Fsp3) is 0.400. The SMILES string of the molecule is CC(CO)CNS(=O)(=O)c1ccc(N)c(Br)c1. The van der Waals surface area contributed by atoms with E-state index in [0.717, 1.165) is 0 Å². The molecular formula is C10H15BrN2O3S. The van der Waals surface area contributed by atoms with Gasteiger partial charge in [-0.15, -0.1) is 0 Å². The van der Waals surface area contributed by atoms with Crippen LogP contribution in [0.1, 0.15) is 6.92 Å². The van der Waals surface area contributed by atoms with Gasteiger partial charge in [0.05, 0.1) is 4.90 Å². The van der Waals surface area contributed by atoms with Gasteiger partial charge in [-0.1, -0.05) is 6.92 Å². The van der Waals surface area contributed by atoms with E-state index in [1.807, 2.05) is 0 Å². The van der Waals surface area contributed by atoms with Gasteiger partial charge in [0.1, 0.15) is 0 Å². The van der Waals surface area contributed by atoms with E-state index in [0.29, 0.717) is 10.2 Å². The maximum atomic E-state index is 11.9. The van der Waals surface area contributed by atoms with E-state index in [1.165, 1.54) is 18.2 Å². The number of aliphatic hydroxyl groups excluding tert-OH is 1. The molecule has 0 saturated heterocycles. The number of aliphatic hydroxyl groups is 1. The first-order chi connectivity index (χ1) is 7.86. The topological polar surface area (TPSA) is 92.4 Å². The maximum Gasteiger partial charge on any atom is 0.240 e. The van der Waals surface area contributed by atoms with Gasteiger partial charge < -0.3 is 10.8 Å². The predicted octanol–water partition coefficient (Wildman–Crippen LogP) is 0.938. The summed E-state index contributed by atoms with van der Waals surface area (Å²) in [7, 11) is -3.55. The third kappa shape index (κ3) is 3.95. The number of sulfonamides is 1. The van der Waals surface area contributed by atoms with Crippen molar-refractivity contribution in [3.8, 4) is 0 Å². The second-order valence-electron chi connectivity index (χ2n) is 3.82. The Kier molecular flexibility index (Phi) is 4.93. The smallest absolute Gasteiger partial charge is 0.240 e. The Balaban J connectivity index is 2.86.